The molecule has 312 valence electrons. The van der Waals surface area contributed by atoms with Gasteiger partial charge in [-0.05, 0) is 86.6 Å². The summed E-state index contributed by atoms with van der Waals surface area (Å²) in [6.07, 6.45) is 0. The maximum atomic E-state index is 6.63. The van der Waals surface area contributed by atoms with Gasteiger partial charge in [0.2, 0.25) is 0 Å². The maximum Gasteiger partial charge on any atom is 0.164 e. The smallest absolute Gasteiger partial charge is 0.164 e. The number of aromatic nitrogens is 4. The lowest BCUT2D eigenvalue weighted by atomic mass is 9.66. The Morgan fingerprint density at radius 2 is 0.821 bits per heavy atom. The van der Waals surface area contributed by atoms with Crippen molar-refractivity contribution in [1.29, 1.82) is 0 Å². The molecule has 0 N–H and O–H groups in total. The first-order valence-corrected chi connectivity index (χ1v) is 22.8. The summed E-state index contributed by atoms with van der Waals surface area (Å²) in [6.45, 7) is 0. The van der Waals surface area contributed by atoms with E-state index in [9.17, 15) is 0 Å². The number of para-hydroxylation sites is 4. The van der Waals surface area contributed by atoms with E-state index in [1.54, 1.807) is 0 Å². The van der Waals surface area contributed by atoms with E-state index in [0.29, 0.717) is 17.5 Å². The molecule has 14 rings (SSSR count). The molecule has 0 unspecified atom stereocenters. The zero-order valence-electron chi connectivity index (χ0n) is 36.1. The van der Waals surface area contributed by atoms with E-state index in [-0.39, 0.29) is 0 Å². The Kier molecular flexibility index (Phi) is 8.13. The fourth-order valence-corrected chi connectivity index (χ4v) is 11.2. The van der Waals surface area contributed by atoms with Gasteiger partial charge >= 0.3 is 0 Å². The van der Waals surface area contributed by atoms with Gasteiger partial charge in [-0.15, -0.1) is 0 Å². The van der Waals surface area contributed by atoms with Crippen LogP contribution in [0.5, 0.6) is 11.5 Å². The molecule has 2 aliphatic rings. The second kappa shape index (κ2) is 14.5. The quantitative estimate of drug-likeness (QED) is 0.173. The topological polar surface area (TPSA) is 52.8 Å². The average molecular weight is 855 g/mol. The molecule has 0 bridgehead atoms. The molecule has 3 heterocycles. The van der Waals surface area contributed by atoms with Crippen LogP contribution in [-0.4, -0.2) is 19.5 Å². The van der Waals surface area contributed by atoms with Crippen molar-refractivity contribution in [3.63, 3.8) is 0 Å². The average Bonchev–Trinajstić information content (AvgIpc) is 3.90. The third-order valence-electron chi connectivity index (χ3n) is 13.9. The number of ether oxygens (including phenoxy) is 1. The predicted molar refractivity (Wildman–Crippen MR) is 271 cm³/mol. The molecule has 10 aromatic carbocycles. The van der Waals surface area contributed by atoms with Crippen LogP contribution in [0.4, 0.5) is 0 Å². The highest BCUT2D eigenvalue weighted by molar-refractivity contribution is 6.10. The molecular weight excluding hydrogens is 817 g/mol. The van der Waals surface area contributed by atoms with Crippen molar-refractivity contribution >= 4 is 32.6 Å². The number of hydrogen-bond acceptors (Lipinski definition) is 4. The van der Waals surface area contributed by atoms with Crippen LogP contribution in [0.15, 0.2) is 231 Å². The Hall–Kier alpha value is -8.93. The number of nitrogens with zero attached hydrogens (tertiary/aromatic N) is 4. The minimum Gasteiger partial charge on any atom is -0.457 e. The summed E-state index contributed by atoms with van der Waals surface area (Å²) < 4.78 is 8.97. The van der Waals surface area contributed by atoms with Gasteiger partial charge in [0.25, 0.3) is 0 Å². The number of fused-ring (bicyclic) bond motifs is 13. The van der Waals surface area contributed by atoms with E-state index in [0.717, 1.165) is 72.4 Å². The van der Waals surface area contributed by atoms with Crippen LogP contribution >= 0.6 is 0 Å². The molecule has 1 spiro atoms. The van der Waals surface area contributed by atoms with Crippen molar-refractivity contribution in [2.75, 3.05) is 0 Å². The highest BCUT2D eigenvalue weighted by Crippen LogP contribution is 2.63. The summed E-state index contributed by atoms with van der Waals surface area (Å²) in [5.74, 6) is 3.62. The standard InChI is InChI=1S/C62H38N4O/c1-2-18-39(19-3-1)59-63-60(40-20-16-21-41(38-40)66-54-32-12-7-24-45(54)46-25-8-13-33-55(46)66)65-61(64-59)48-37-36-44(42-22-4-5-23-43(42)48)47-27-17-31-53-58(47)49-26-6-9-28-50(49)62(53)51-29-10-14-34-56(51)67-57-35-15-11-30-52(57)62/h1-38H. The fourth-order valence-electron chi connectivity index (χ4n) is 11.2. The fraction of sp³-hybridized carbons (Fsp3) is 0.0161. The zero-order valence-corrected chi connectivity index (χ0v) is 36.1. The van der Waals surface area contributed by atoms with E-state index in [2.05, 4.69) is 217 Å². The van der Waals surface area contributed by atoms with Gasteiger partial charge in [0.05, 0.1) is 16.4 Å². The van der Waals surface area contributed by atoms with Crippen LogP contribution in [0.25, 0.3) is 94.7 Å². The third-order valence-corrected chi connectivity index (χ3v) is 13.9. The number of rotatable bonds is 5. The molecule has 67 heavy (non-hydrogen) atoms. The van der Waals surface area contributed by atoms with E-state index < -0.39 is 5.41 Å². The summed E-state index contributed by atoms with van der Waals surface area (Å²) in [5.41, 5.74) is 15.2. The lowest BCUT2D eigenvalue weighted by Gasteiger charge is -2.39. The molecule has 5 heteroatoms. The first-order chi connectivity index (χ1) is 33.2. The lowest BCUT2D eigenvalue weighted by Crippen LogP contribution is -2.32. The van der Waals surface area contributed by atoms with Crippen LogP contribution < -0.4 is 4.74 Å². The van der Waals surface area contributed by atoms with Gasteiger partial charge in [0.15, 0.2) is 17.5 Å². The van der Waals surface area contributed by atoms with Crippen molar-refractivity contribution in [1.82, 2.24) is 19.5 Å². The maximum absolute atomic E-state index is 6.63. The van der Waals surface area contributed by atoms with Crippen molar-refractivity contribution in [2.45, 2.75) is 5.41 Å². The van der Waals surface area contributed by atoms with Crippen LogP contribution in [0.1, 0.15) is 22.3 Å². The highest BCUT2D eigenvalue weighted by Gasteiger charge is 2.51. The monoisotopic (exact) mass is 854 g/mol. The van der Waals surface area contributed by atoms with Crippen LogP contribution in [0.2, 0.25) is 0 Å². The predicted octanol–water partition coefficient (Wildman–Crippen LogP) is 15.3. The molecule has 0 saturated heterocycles. The second-order valence-corrected chi connectivity index (χ2v) is 17.4. The second-order valence-electron chi connectivity index (χ2n) is 17.4. The molecule has 2 aromatic heterocycles. The Morgan fingerprint density at radius 1 is 0.328 bits per heavy atom. The molecule has 1 aliphatic heterocycles. The molecule has 0 atom stereocenters. The van der Waals surface area contributed by atoms with E-state index in [4.69, 9.17) is 19.7 Å². The van der Waals surface area contributed by atoms with Gasteiger partial charge in [-0.2, -0.15) is 0 Å². The molecule has 12 aromatic rings. The largest absolute Gasteiger partial charge is 0.457 e. The normalized spacial score (nSPS) is 13.0. The summed E-state index contributed by atoms with van der Waals surface area (Å²) in [5, 5.41) is 4.62. The van der Waals surface area contributed by atoms with Gasteiger partial charge in [0, 0.05) is 44.3 Å². The molecule has 1 aliphatic carbocycles. The molecule has 0 fully saturated rings. The molecule has 0 saturated carbocycles. The van der Waals surface area contributed by atoms with Gasteiger partial charge < -0.3 is 9.30 Å². The Bertz CT molecular complexity index is 3880. The molecular formula is C62H38N4O. The Morgan fingerprint density at radius 3 is 1.54 bits per heavy atom. The molecule has 0 radical (unpaired) electrons. The van der Waals surface area contributed by atoms with Crippen molar-refractivity contribution in [3.05, 3.63) is 253 Å². The van der Waals surface area contributed by atoms with Gasteiger partial charge in [-0.1, -0.05) is 188 Å². The van der Waals surface area contributed by atoms with Crippen molar-refractivity contribution < 1.29 is 4.74 Å². The Labute approximate surface area is 386 Å². The molecule has 0 amide bonds. The minimum absolute atomic E-state index is 0.558. The summed E-state index contributed by atoms with van der Waals surface area (Å²) in [6, 6.07) is 81.9. The zero-order chi connectivity index (χ0) is 44.1. The summed E-state index contributed by atoms with van der Waals surface area (Å²) >= 11 is 0. The Balaban J connectivity index is 0.964. The van der Waals surface area contributed by atoms with Crippen molar-refractivity contribution in [3.8, 4) is 73.6 Å². The number of benzene rings is 10. The SMILES string of the molecule is c1ccc(-c2nc(-c3cccc(-n4c5ccccc5c5ccccc54)c3)nc(-c3ccc(-c4cccc5c4-c4ccccc4C54c5ccccc5Oc5ccccc54)c4ccccc34)n2)cc1. The van der Waals surface area contributed by atoms with Crippen LogP contribution in [-0.2, 0) is 5.41 Å². The first kappa shape index (κ1) is 37.4. The minimum atomic E-state index is -0.558. The van der Waals surface area contributed by atoms with Gasteiger partial charge in [-0.25, -0.2) is 15.0 Å². The lowest BCUT2D eigenvalue weighted by molar-refractivity contribution is 0.436. The third kappa shape index (κ3) is 5.46. The highest BCUT2D eigenvalue weighted by atomic mass is 16.5. The van der Waals surface area contributed by atoms with Crippen LogP contribution in [0.3, 0.4) is 0 Å². The van der Waals surface area contributed by atoms with E-state index >= 15 is 0 Å². The van der Waals surface area contributed by atoms with Gasteiger partial charge in [0.1, 0.15) is 11.5 Å². The van der Waals surface area contributed by atoms with E-state index in [1.807, 2.05) is 18.2 Å². The first-order valence-electron chi connectivity index (χ1n) is 22.8. The number of hydrogen-bond donors (Lipinski definition) is 0. The van der Waals surface area contributed by atoms with E-state index in [1.165, 1.54) is 38.6 Å². The summed E-state index contributed by atoms with van der Waals surface area (Å²) in [4.78, 5) is 15.8. The van der Waals surface area contributed by atoms with Crippen molar-refractivity contribution in [2.24, 2.45) is 0 Å². The molecule has 5 nitrogen and oxygen atoms in total. The summed E-state index contributed by atoms with van der Waals surface area (Å²) in [7, 11) is 0. The van der Waals surface area contributed by atoms with Gasteiger partial charge in [-0.3, -0.25) is 0 Å². The van der Waals surface area contributed by atoms with Crippen LogP contribution in [0, 0.1) is 0 Å².